The van der Waals surface area contributed by atoms with Crippen molar-refractivity contribution in [1.29, 1.82) is 0 Å². The number of benzene rings is 1. The molecule has 0 bridgehead atoms. The first kappa shape index (κ1) is 25.1. The zero-order valence-electron chi connectivity index (χ0n) is 17.0. The number of halogens is 2. The van der Waals surface area contributed by atoms with Crippen molar-refractivity contribution in [2.24, 2.45) is 0 Å². The fourth-order valence-electron chi connectivity index (χ4n) is 2.34. The van der Waals surface area contributed by atoms with Gasteiger partial charge in [0.15, 0.2) is 21.5 Å². The van der Waals surface area contributed by atoms with Gasteiger partial charge in [0.1, 0.15) is 0 Å². The maximum Gasteiger partial charge on any atom is 0.269 e. The molecule has 1 N–H and O–H groups in total. The van der Waals surface area contributed by atoms with Gasteiger partial charge >= 0.3 is 0 Å². The Hall–Kier alpha value is -0.976. The molecule has 0 saturated heterocycles. The van der Waals surface area contributed by atoms with Gasteiger partial charge in [0.2, 0.25) is 0 Å². The Morgan fingerprint density at radius 3 is 2.04 bits per heavy atom. The number of nitro benzene ring substituents is 1. The fourth-order valence-corrected chi connectivity index (χ4v) is 4.21. The molecule has 0 aromatic heterocycles. The Balaban J connectivity index is 3.27. The number of nitro groups is 1. The van der Waals surface area contributed by atoms with Crippen molar-refractivity contribution in [3.05, 3.63) is 39.9 Å². The number of alkyl halides is 2. The molecule has 0 unspecified atom stereocenters. The highest BCUT2D eigenvalue weighted by atomic mass is 35.5. The largest absolute Gasteiger partial charge is 0.415 e. The maximum atomic E-state index is 12.2. The molecule has 0 fully saturated rings. The van der Waals surface area contributed by atoms with E-state index in [2.05, 4.69) is 5.32 Å². The van der Waals surface area contributed by atoms with Crippen molar-refractivity contribution in [2.75, 3.05) is 6.61 Å². The molecule has 1 aromatic carbocycles. The summed E-state index contributed by atoms with van der Waals surface area (Å²) in [7, 11) is -3.93. The minimum absolute atomic E-state index is 0.0176. The molecule has 1 rings (SSSR count). The lowest BCUT2D eigenvalue weighted by molar-refractivity contribution is -0.384. The first-order chi connectivity index (χ1) is 12.7. The Morgan fingerprint density at radius 1 is 1.11 bits per heavy atom. The van der Waals surface area contributed by atoms with Crippen LogP contribution in [0.25, 0.3) is 0 Å². The monoisotopic (exact) mass is 466 g/mol. The van der Waals surface area contributed by atoms with E-state index in [9.17, 15) is 14.9 Å². The van der Waals surface area contributed by atoms with Gasteiger partial charge < -0.3 is 14.2 Å². The van der Waals surface area contributed by atoms with E-state index < -0.39 is 44.4 Å². The van der Waals surface area contributed by atoms with Crippen molar-refractivity contribution >= 4 is 51.4 Å². The summed E-state index contributed by atoms with van der Waals surface area (Å²) >= 11 is 11.4. The molecular formula is C17H28Cl2N2O5Si2. The number of hydrogen-bond donors (Lipinski definition) is 1. The number of nitrogens with one attached hydrogen (secondary N) is 1. The van der Waals surface area contributed by atoms with Crippen LogP contribution in [0, 0.1) is 10.1 Å². The summed E-state index contributed by atoms with van der Waals surface area (Å²) in [5, 5.41) is 13.8. The standard InChI is InChI=1S/C17H28Cl2N2O5Si2/c1-27(2,3)25-11-14(20-17(22)16(18)19)15(26-28(4,5)6)12-7-9-13(10-8-12)21(23)24/h7-10,14-16H,11H2,1-6H3,(H,20,22)/t14-,15-/m1/s1. The van der Waals surface area contributed by atoms with E-state index in [0.717, 1.165) is 0 Å². The second-order valence-electron chi connectivity index (χ2n) is 8.34. The molecule has 11 heteroatoms. The lowest BCUT2D eigenvalue weighted by Crippen LogP contribution is -2.49. The van der Waals surface area contributed by atoms with Crippen molar-refractivity contribution in [3.8, 4) is 0 Å². The molecule has 0 heterocycles. The smallest absolute Gasteiger partial charge is 0.269 e. The van der Waals surface area contributed by atoms with Crippen molar-refractivity contribution in [2.45, 2.75) is 56.3 Å². The number of amides is 1. The molecule has 158 valence electrons. The van der Waals surface area contributed by atoms with Gasteiger partial charge in [-0.3, -0.25) is 14.9 Å². The van der Waals surface area contributed by atoms with Crippen LogP contribution in [0.4, 0.5) is 5.69 Å². The van der Waals surface area contributed by atoms with E-state index in [4.69, 9.17) is 32.1 Å². The molecule has 0 radical (unpaired) electrons. The number of rotatable bonds is 10. The van der Waals surface area contributed by atoms with Gasteiger partial charge in [-0.05, 0) is 57.0 Å². The number of non-ortho nitro benzene ring substituents is 1. The van der Waals surface area contributed by atoms with Gasteiger partial charge in [-0.15, -0.1) is 0 Å². The van der Waals surface area contributed by atoms with Crippen LogP contribution in [-0.2, 0) is 13.6 Å². The first-order valence-corrected chi connectivity index (χ1v) is 16.5. The predicted octanol–water partition coefficient (Wildman–Crippen LogP) is 4.63. The quantitative estimate of drug-likeness (QED) is 0.235. The Bertz CT molecular complexity index is 676. The third-order valence-electron chi connectivity index (χ3n) is 3.50. The van der Waals surface area contributed by atoms with Crippen LogP contribution in [0.1, 0.15) is 11.7 Å². The zero-order valence-corrected chi connectivity index (χ0v) is 20.5. The lowest BCUT2D eigenvalue weighted by Gasteiger charge is -2.35. The van der Waals surface area contributed by atoms with Crippen LogP contribution in [0.5, 0.6) is 0 Å². The average Bonchev–Trinajstić information content (AvgIpc) is 2.54. The molecule has 0 aliphatic heterocycles. The Labute approximate surface area is 178 Å². The van der Waals surface area contributed by atoms with Gasteiger partial charge in [0.05, 0.1) is 23.7 Å². The minimum Gasteiger partial charge on any atom is -0.415 e. The summed E-state index contributed by atoms with van der Waals surface area (Å²) in [6, 6.07) is 5.55. The van der Waals surface area contributed by atoms with Gasteiger partial charge in [0.25, 0.3) is 11.6 Å². The summed E-state index contributed by atoms with van der Waals surface area (Å²) < 4.78 is 12.4. The predicted molar refractivity (Wildman–Crippen MR) is 117 cm³/mol. The van der Waals surface area contributed by atoms with E-state index in [1.807, 2.05) is 39.3 Å². The van der Waals surface area contributed by atoms with Crippen molar-refractivity contribution in [3.63, 3.8) is 0 Å². The highest BCUT2D eigenvalue weighted by Gasteiger charge is 2.33. The van der Waals surface area contributed by atoms with Crippen LogP contribution < -0.4 is 5.32 Å². The number of nitrogens with zero attached hydrogens (tertiary/aromatic N) is 1. The molecule has 7 nitrogen and oxygen atoms in total. The van der Waals surface area contributed by atoms with Crippen LogP contribution in [0.15, 0.2) is 24.3 Å². The topological polar surface area (TPSA) is 90.7 Å². The van der Waals surface area contributed by atoms with Crippen LogP contribution in [0.3, 0.4) is 0 Å². The summed E-state index contributed by atoms with van der Waals surface area (Å²) in [6.45, 7) is 12.4. The molecule has 0 spiro atoms. The van der Waals surface area contributed by atoms with Crippen LogP contribution in [-0.4, -0.2) is 45.0 Å². The highest BCUT2D eigenvalue weighted by Crippen LogP contribution is 2.28. The first-order valence-electron chi connectivity index (χ1n) is 8.84. The third kappa shape index (κ3) is 9.02. The highest BCUT2D eigenvalue weighted by molar-refractivity contribution is 6.70. The van der Waals surface area contributed by atoms with E-state index in [-0.39, 0.29) is 12.3 Å². The molecule has 1 amide bonds. The van der Waals surface area contributed by atoms with Crippen molar-refractivity contribution < 1.29 is 18.6 Å². The Morgan fingerprint density at radius 2 is 1.64 bits per heavy atom. The fraction of sp³-hybridized carbons (Fsp3) is 0.588. The Kier molecular flexibility index (Phi) is 9.10. The molecule has 2 atom stereocenters. The third-order valence-corrected chi connectivity index (χ3v) is 5.89. The molecule has 1 aromatic rings. The molecular weight excluding hydrogens is 439 g/mol. The van der Waals surface area contributed by atoms with Crippen molar-refractivity contribution in [1.82, 2.24) is 5.32 Å². The lowest BCUT2D eigenvalue weighted by atomic mass is 10.0. The van der Waals surface area contributed by atoms with E-state index in [0.29, 0.717) is 5.56 Å². The summed E-state index contributed by atoms with van der Waals surface area (Å²) in [6.07, 6.45) is -0.556. The van der Waals surface area contributed by atoms with Gasteiger partial charge in [-0.1, -0.05) is 23.2 Å². The second kappa shape index (κ2) is 10.2. The van der Waals surface area contributed by atoms with Crippen LogP contribution >= 0.6 is 23.2 Å². The summed E-state index contributed by atoms with van der Waals surface area (Å²) in [5.41, 5.74) is 0.689. The van der Waals surface area contributed by atoms with Crippen LogP contribution in [0.2, 0.25) is 39.3 Å². The van der Waals surface area contributed by atoms with Gasteiger partial charge in [-0.25, -0.2) is 0 Å². The summed E-state index contributed by atoms with van der Waals surface area (Å²) in [4.78, 5) is 21.4. The van der Waals surface area contributed by atoms with E-state index >= 15 is 0 Å². The number of carbonyl (C=O) groups is 1. The van der Waals surface area contributed by atoms with E-state index in [1.54, 1.807) is 12.1 Å². The SMILES string of the molecule is C[Si](C)(C)OC[C@@H](NC(=O)C(Cl)Cl)[C@H](O[Si](C)(C)C)c1ccc([N+](=O)[O-])cc1. The summed E-state index contributed by atoms with van der Waals surface area (Å²) in [5.74, 6) is -0.543. The van der Waals surface area contributed by atoms with E-state index in [1.165, 1.54) is 12.1 Å². The minimum atomic E-state index is -2.05. The molecule has 0 aliphatic carbocycles. The normalized spacial score (nSPS) is 14.6. The number of carbonyl (C=O) groups excluding carboxylic acids is 1. The molecule has 0 aliphatic rings. The van der Waals surface area contributed by atoms with Gasteiger partial charge in [0, 0.05) is 12.1 Å². The average molecular weight is 467 g/mol. The maximum absolute atomic E-state index is 12.2. The molecule has 28 heavy (non-hydrogen) atoms. The second-order valence-corrected chi connectivity index (χ2v) is 18.4. The molecule has 0 saturated carbocycles. The zero-order chi connectivity index (χ0) is 21.7. The number of hydrogen-bond acceptors (Lipinski definition) is 5. The van der Waals surface area contributed by atoms with Gasteiger partial charge in [-0.2, -0.15) is 0 Å².